The van der Waals surface area contributed by atoms with Gasteiger partial charge in [0, 0.05) is 6.42 Å². The van der Waals surface area contributed by atoms with Gasteiger partial charge in [-0.2, -0.15) is 0 Å². The summed E-state index contributed by atoms with van der Waals surface area (Å²) in [6, 6.07) is 14.6. The number of hydrogen-bond donors (Lipinski definition) is 2. The number of ether oxygens (including phenoxy) is 2. The minimum Gasteiger partial charge on any atom is -0.497 e. The van der Waals surface area contributed by atoms with E-state index >= 15 is 0 Å². The second-order valence-corrected chi connectivity index (χ2v) is 12.1. The summed E-state index contributed by atoms with van der Waals surface area (Å²) in [6.07, 6.45) is 5.81. The van der Waals surface area contributed by atoms with E-state index in [1.54, 1.807) is 31.4 Å². The van der Waals surface area contributed by atoms with Crippen molar-refractivity contribution in [3.8, 4) is 11.5 Å². The molecule has 0 radical (unpaired) electrons. The molecule has 204 valence electrons. The molecule has 2 N–H and O–H groups in total. The van der Waals surface area contributed by atoms with Crippen molar-refractivity contribution in [1.82, 2.24) is 10.0 Å². The van der Waals surface area contributed by atoms with E-state index in [2.05, 4.69) is 17.0 Å². The second kappa shape index (κ2) is 11.6. The summed E-state index contributed by atoms with van der Waals surface area (Å²) in [7, 11) is -2.27. The number of nitrogens with one attached hydrogen (secondary N) is 2. The molecule has 2 aromatic carbocycles. The van der Waals surface area contributed by atoms with Crippen LogP contribution in [0.2, 0.25) is 0 Å². The van der Waals surface area contributed by atoms with Gasteiger partial charge in [-0.15, -0.1) is 0 Å². The Balaban J connectivity index is 1.62. The van der Waals surface area contributed by atoms with Gasteiger partial charge in [0.15, 0.2) is 0 Å². The SMILES string of the molecule is CCCCCCOc1ccc([C@]2(C)CC(c3ccc(OC)cc3)=C(C(=O)NS(=O)(=O)C3CC3)C(=O)N2)cc1. The number of carbonyl (C=O) groups excluding carboxylic acids is 2. The number of benzene rings is 2. The first-order valence-electron chi connectivity index (χ1n) is 13.2. The summed E-state index contributed by atoms with van der Waals surface area (Å²) < 4.78 is 38.2. The molecule has 1 saturated carbocycles. The summed E-state index contributed by atoms with van der Waals surface area (Å²) in [6.45, 7) is 4.72. The third-order valence-corrected chi connectivity index (χ3v) is 8.89. The average Bonchev–Trinajstić information content (AvgIpc) is 3.75. The number of unbranched alkanes of at least 4 members (excludes halogenated alkanes) is 3. The lowest BCUT2D eigenvalue weighted by Gasteiger charge is -2.37. The van der Waals surface area contributed by atoms with Crippen molar-refractivity contribution < 1.29 is 27.5 Å². The molecule has 0 bridgehead atoms. The smallest absolute Gasteiger partial charge is 0.270 e. The van der Waals surface area contributed by atoms with E-state index in [-0.39, 0.29) is 12.0 Å². The van der Waals surface area contributed by atoms with Crippen LogP contribution < -0.4 is 19.5 Å². The van der Waals surface area contributed by atoms with Gasteiger partial charge >= 0.3 is 0 Å². The number of amides is 2. The molecule has 1 aliphatic heterocycles. The highest BCUT2D eigenvalue weighted by Crippen LogP contribution is 2.39. The molecule has 1 aliphatic carbocycles. The molecule has 2 amide bonds. The van der Waals surface area contributed by atoms with Crippen LogP contribution in [-0.4, -0.2) is 39.2 Å². The van der Waals surface area contributed by atoms with E-state index in [1.807, 2.05) is 31.2 Å². The van der Waals surface area contributed by atoms with Crippen LogP contribution in [0.1, 0.15) is 69.9 Å². The standard InChI is InChI=1S/C29H36N2O6S/c1-4-5-6-7-18-37-23-14-10-21(11-15-23)29(2)19-25(20-8-12-22(36-3)13-9-20)26(27(32)30-29)28(33)31-38(34,35)24-16-17-24/h8-15,24H,4-7,16-19H2,1-3H3,(H,30,32)(H,31,33)/t29-/m0/s1. The Hall–Kier alpha value is -3.33. The van der Waals surface area contributed by atoms with Gasteiger partial charge in [0.1, 0.15) is 17.1 Å². The van der Waals surface area contributed by atoms with Crippen LogP contribution in [0.3, 0.4) is 0 Å². The molecular formula is C29H36N2O6S. The molecule has 1 fully saturated rings. The number of sulfonamides is 1. The zero-order valence-electron chi connectivity index (χ0n) is 22.2. The molecule has 1 atom stereocenters. The molecule has 4 rings (SSSR count). The predicted molar refractivity (Wildman–Crippen MR) is 146 cm³/mol. The van der Waals surface area contributed by atoms with E-state index in [0.29, 0.717) is 36.3 Å². The molecule has 0 saturated heterocycles. The average molecular weight is 541 g/mol. The second-order valence-electron chi connectivity index (χ2n) is 10.2. The molecule has 0 unspecified atom stereocenters. The summed E-state index contributed by atoms with van der Waals surface area (Å²) in [5.74, 6) is -0.143. The summed E-state index contributed by atoms with van der Waals surface area (Å²) >= 11 is 0. The largest absolute Gasteiger partial charge is 0.497 e. The topological polar surface area (TPSA) is 111 Å². The van der Waals surface area contributed by atoms with Gasteiger partial charge in [-0.05, 0) is 67.2 Å². The van der Waals surface area contributed by atoms with E-state index in [0.717, 1.165) is 24.2 Å². The number of methoxy groups -OCH3 is 1. The fourth-order valence-electron chi connectivity index (χ4n) is 4.67. The molecule has 8 nitrogen and oxygen atoms in total. The van der Waals surface area contributed by atoms with E-state index in [4.69, 9.17) is 9.47 Å². The Bertz CT molecular complexity index is 1300. The van der Waals surface area contributed by atoms with Gasteiger partial charge in [-0.1, -0.05) is 50.5 Å². The third kappa shape index (κ3) is 6.38. The van der Waals surface area contributed by atoms with Crippen molar-refractivity contribution in [1.29, 1.82) is 0 Å². The first-order chi connectivity index (χ1) is 18.2. The molecule has 1 heterocycles. The summed E-state index contributed by atoms with van der Waals surface area (Å²) in [5.41, 5.74) is 0.946. The van der Waals surface area contributed by atoms with Crippen LogP contribution in [0.25, 0.3) is 5.57 Å². The maximum absolute atomic E-state index is 13.4. The number of carbonyl (C=O) groups is 2. The number of hydrogen-bond acceptors (Lipinski definition) is 6. The van der Waals surface area contributed by atoms with Gasteiger partial charge in [-0.3, -0.25) is 9.59 Å². The van der Waals surface area contributed by atoms with Crippen LogP contribution >= 0.6 is 0 Å². The highest BCUT2D eigenvalue weighted by Gasteiger charge is 2.42. The van der Waals surface area contributed by atoms with Crippen molar-refractivity contribution >= 4 is 27.4 Å². The summed E-state index contributed by atoms with van der Waals surface area (Å²) in [5, 5.41) is 2.38. The van der Waals surface area contributed by atoms with Crippen molar-refractivity contribution in [2.75, 3.05) is 13.7 Å². The van der Waals surface area contributed by atoms with Crippen LogP contribution in [0.15, 0.2) is 54.1 Å². The Morgan fingerprint density at radius 1 is 1.03 bits per heavy atom. The molecule has 38 heavy (non-hydrogen) atoms. The fourth-order valence-corrected chi connectivity index (χ4v) is 5.95. The fraction of sp³-hybridized carbons (Fsp3) is 0.448. The molecule has 0 aromatic heterocycles. The van der Waals surface area contributed by atoms with Crippen molar-refractivity contribution in [3.05, 3.63) is 65.2 Å². The van der Waals surface area contributed by atoms with Crippen LogP contribution in [-0.2, 0) is 25.2 Å². The molecule has 9 heteroatoms. The van der Waals surface area contributed by atoms with Crippen molar-refractivity contribution in [3.63, 3.8) is 0 Å². The third-order valence-electron chi connectivity index (χ3n) is 7.07. The quantitative estimate of drug-likeness (QED) is 0.304. The van der Waals surface area contributed by atoms with Crippen LogP contribution in [0.4, 0.5) is 0 Å². The Morgan fingerprint density at radius 3 is 2.29 bits per heavy atom. The molecular weight excluding hydrogens is 504 g/mol. The van der Waals surface area contributed by atoms with E-state index < -0.39 is 32.6 Å². The zero-order valence-corrected chi connectivity index (χ0v) is 23.0. The van der Waals surface area contributed by atoms with Gasteiger partial charge in [-0.25, -0.2) is 13.1 Å². The van der Waals surface area contributed by atoms with Crippen molar-refractivity contribution in [2.24, 2.45) is 0 Å². The van der Waals surface area contributed by atoms with Gasteiger partial charge in [0.05, 0.1) is 24.5 Å². The normalized spacial score (nSPS) is 19.6. The molecule has 2 aromatic rings. The van der Waals surface area contributed by atoms with Crippen LogP contribution in [0, 0.1) is 0 Å². The lowest BCUT2D eigenvalue weighted by atomic mass is 9.78. The van der Waals surface area contributed by atoms with E-state index in [1.165, 1.54) is 12.8 Å². The highest BCUT2D eigenvalue weighted by atomic mass is 32.2. The van der Waals surface area contributed by atoms with Crippen LogP contribution in [0.5, 0.6) is 11.5 Å². The first-order valence-corrected chi connectivity index (χ1v) is 14.7. The molecule has 2 aliphatic rings. The zero-order chi connectivity index (χ0) is 27.3. The highest BCUT2D eigenvalue weighted by molar-refractivity contribution is 7.91. The number of rotatable bonds is 12. The van der Waals surface area contributed by atoms with Crippen molar-refractivity contribution in [2.45, 2.75) is 69.6 Å². The Morgan fingerprint density at radius 2 is 1.68 bits per heavy atom. The predicted octanol–water partition coefficient (Wildman–Crippen LogP) is 4.45. The first kappa shape index (κ1) is 27.7. The van der Waals surface area contributed by atoms with Gasteiger partial charge < -0.3 is 14.8 Å². The summed E-state index contributed by atoms with van der Waals surface area (Å²) in [4.78, 5) is 26.6. The Labute approximate surface area is 224 Å². The maximum atomic E-state index is 13.4. The maximum Gasteiger partial charge on any atom is 0.270 e. The van der Waals surface area contributed by atoms with E-state index in [9.17, 15) is 18.0 Å². The lowest BCUT2D eigenvalue weighted by Crippen LogP contribution is -2.50. The lowest BCUT2D eigenvalue weighted by molar-refractivity contribution is -0.124. The van der Waals surface area contributed by atoms with Gasteiger partial charge in [0.25, 0.3) is 11.8 Å². The minimum atomic E-state index is -3.82. The minimum absolute atomic E-state index is 0.191. The molecule has 0 spiro atoms. The van der Waals surface area contributed by atoms with Gasteiger partial charge in [0.2, 0.25) is 10.0 Å². The monoisotopic (exact) mass is 540 g/mol. The Kier molecular flexibility index (Phi) is 8.45.